The van der Waals surface area contributed by atoms with Crippen LogP contribution in [0, 0.1) is 0 Å². The highest BCUT2D eigenvalue weighted by atomic mass is 79.9. The maximum absolute atomic E-state index is 3.57. The predicted molar refractivity (Wildman–Crippen MR) is 165 cm³/mol. The van der Waals surface area contributed by atoms with E-state index >= 15 is 0 Å². The van der Waals surface area contributed by atoms with Crippen LogP contribution in [0.5, 0.6) is 0 Å². The molecular formula is C36H24BrN. The van der Waals surface area contributed by atoms with Gasteiger partial charge in [0.2, 0.25) is 0 Å². The SMILES string of the molecule is Brc1ccc(-c2ccc3c4ccc(-c5ccccc5)cc4n(-c4ccc(-c5ccccc5)cc4)c3c2)cc1. The van der Waals surface area contributed by atoms with E-state index < -0.39 is 0 Å². The molecule has 2 heteroatoms. The molecule has 0 spiro atoms. The molecule has 0 saturated carbocycles. The first-order valence-electron chi connectivity index (χ1n) is 12.8. The quantitative estimate of drug-likeness (QED) is 0.205. The lowest BCUT2D eigenvalue weighted by atomic mass is 10.0. The van der Waals surface area contributed by atoms with Crippen LogP contribution in [0.1, 0.15) is 0 Å². The predicted octanol–water partition coefficient (Wildman–Crippen LogP) is 10.5. The molecule has 1 heterocycles. The van der Waals surface area contributed by atoms with Gasteiger partial charge in [0.25, 0.3) is 0 Å². The minimum Gasteiger partial charge on any atom is -0.309 e. The van der Waals surface area contributed by atoms with Gasteiger partial charge in [-0.3, -0.25) is 0 Å². The average Bonchev–Trinajstić information content (AvgIpc) is 3.31. The smallest absolute Gasteiger partial charge is 0.0547 e. The van der Waals surface area contributed by atoms with E-state index in [1.807, 2.05) is 0 Å². The van der Waals surface area contributed by atoms with Crippen molar-refractivity contribution >= 4 is 37.7 Å². The van der Waals surface area contributed by atoms with Crippen LogP contribution in [0.2, 0.25) is 0 Å². The summed E-state index contributed by atoms with van der Waals surface area (Å²) in [7, 11) is 0. The summed E-state index contributed by atoms with van der Waals surface area (Å²) in [6, 6.07) is 52.3. The maximum atomic E-state index is 3.57. The Hall–Kier alpha value is -4.40. The van der Waals surface area contributed by atoms with Crippen LogP contribution in [0.25, 0.3) is 60.9 Å². The molecular weight excluding hydrogens is 526 g/mol. The number of halogens is 1. The number of hydrogen-bond donors (Lipinski definition) is 0. The summed E-state index contributed by atoms with van der Waals surface area (Å²) in [5.41, 5.74) is 10.9. The van der Waals surface area contributed by atoms with Crippen LogP contribution >= 0.6 is 15.9 Å². The molecule has 0 radical (unpaired) electrons. The summed E-state index contributed by atoms with van der Waals surface area (Å²) < 4.78 is 3.50. The summed E-state index contributed by atoms with van der Waals surface area (Å²) in [5.74, 6) is 0. The third-order valence-corrected chi connectivity index (χ3v) is 7.81. The molecule has 38 heavy (non-hydrogen) atoms. The van der Waals surface area contributed by atoms with Gasteiger partial charge in [0.1, 0.15) is 0 Å². The monoisotopic (exact) mass is 549 g/mol. The Morgan fingerprint density at radius 2 is 0.763 bits per heavy atom. The van der Waals surface area contributed by atoms with Gasteiger partial charge in [-0.2, -0.15) is 0 Å². The minimum atomic E-state index is 1.09. The van der Waals surface area contributed by atoms with Crippen LogP contribution in [-0.4, -0.2) is 4.57 Å². The standard InChI is InChI=1S/C36H24BrN/c37-31-17-11-28(12-18-31)30-16-22-34-33-21-15-29(26-9-5-2-6-10-26)23-35(33)38(36(34)24-30)32-19-13-27(14-20-32)25-7-3-1-4-8-25/h1-24H. The number of aromatic nitrogens is 1. The lowest BCUT2D eigenvalue weighted by Gasteiger charge is -2.11. The molecule has 7 rings (SSSR count). The lowest BCUT2D eigenvalue weighted by Crippen LogP contribution is -1.94. The Labute approximate surface area is 230 Å². The van der Waals surface area contributed by atoms with E-state index in [1.54, 1.807) is 0 Å². The second-order valence-electron chi connectivity index (χ2n) is 9.59. The zero-order valence-electron chi connectivity index (χ0n) is 20.7. The third-order valence-electron chi connectivity index (χ3n) is 7.28. The topological polar surface area (TPSA) is 4.93 Å². The van der Waals surface area contributed by atoms with Gasteiger partial charge in [-0.15, -0.1) is 0 Å². The molecule has 6 aromatic carbocycles. The van der Waals surface area contributed by atoms with Crippen molar-refractivity contribution in [3.8, 4) is 39.1 Å². The number of rotatable bonds is 4. The number of hydrogen-bond acceptors (Lipinski definition) is 0. The molecule has 1 nitrogen and oxygen atoms in total. The van der Waals surface area contributed by atoms with E-state index in [1.165, 1.54) is 55.2 Å². The van der Waals surface area contributed by atoms with Gasteiger partial charge in [-0.1, -0.05) is 125 Å². The second-order valence-corrected chi connectivity index (χ2v) is 10.5. The molecule has 0 bridgehead atoms. The number of nitrogens with zero attached hydrogens (tertiary/aromatic N) is 1. The molecule has 180 valence electrons. The van der Waals surface area contributed by atoms with E-state index in [4.69, 9.17) is 0 Å². The lowest BCUT2D eigenvalue weighted by molar-refractivity contribution is 1.18. The van der Waals surface area contributed by atoms with Gasteiger partial charge in [0.05, 0.1) is 11.0 Å². The van der Waals surface area contributed by atoms with Crippen molar-refractivity contribution in [2.75, 3.05) is 0 Å². The third kappa shape index (κ3) is 4.04. The molecule has 0 aliphatic rings. The summed E-state index contributed by atoms with van der Waals surface area (Å²) in [5, 5.41) is 2.52. The van der Waals surface area contributed by atoms with Crippen molar-refractivity contribution in [2.45, 2.75) is 0 Å². The zero-order valence-corrected chi connectivity index (χ0v) is 22.3. The van der Waals surface area contributed by atoms with Crippen molar-refractivity contribution in [1.82, 2.24) is 4.57 Å². The van der Waals surface area contributed by atoms with Gasteiger partial charge in [-0.05, 0) is 69.8 Å². The Morgan fingerprint density at radius 3 is 1.29 bits per heavy atom. The Kier molecular flexibility index (Phi) is 5.68. The first-order chi connectivity index (χ1) is 18.7. The van der Waals surface area contributed by atoms with Crippen molar-refractivity contribution in [2.24, 2.45) is 0 Å². The normalized spacial score (nSPS) is 11.3. The van der Waals surface area contributed by atoms with Crippen molar-refractivity contribution in [1.29, 1.82) is 0 Å². The first kappa shape index (κ1) is 22.8. The van der Waals surface area contributed by atoms with E-state index in [0.29, 0.717) is 0 Å². The largest absolute Gasteiger partial charge is 0.309 e. The van der Waals surface area contributed by atoms with Crippen LogP contribution in [0.4, 0.5) is 0 Å². The van der Waals surface area contributed by atoms with Crippen LogP contribution in [0.3, 0.4) is 0 Å². The number of benzene rings is 6. The van der Waals surface area contributed by atoms with E-state index in [2.05, 4.69) is 166 Å². The highest BCUT2D eigenvalue weighted by Crippen LogP contribution is 2.37. The summed E-state index contributed by atoms with van der Waals surface area (Å²) in [6.45, 7) is 0. The van der Waals surface area contributed by atoms with Crippen molar-refractivity contribution in [3.05, 3.63) is 150 Å². The van der Waals surface area contributed by atoms with Crippen molar-refractivity contribution < 1.29 is 0 Å². The molecule has 0 aliphatic heterocycles. The van der Waals surface area contributed by atoms with E-state index in [9.17, 15) is 0 Å². The Bertz CT molecular complexity index is 1880. The highest BCUT2D eigenvalue weighted by molar-refractivity contribution is 9.10. The van der Waals surface area contributed by atoms with Crippen LogP contribution in [0.15, 0.2) is 150 Å². The second kappa shape index (κ2) is 9.48. The molecule has 0 unspecified atom stereocenters. The van der Waals surface area contributed by atoms with Gasteiger partial charge in [0, 0.05) is 20.9 Å². The Morgan fingerprint density at radius 1 is 0.368 bits per heavy atom. The molecule has 0 saturated heterocycles. The summed E-state index contributed by atoms with van der Waals surface area (Å²) in [4.78, 5) is 0. The van der Waals surface area contributed by atoms with Gasteiger partial charge >= 0.3 is 0 Å². The number of fused-ring (bicyclic) bond motifs is 3. The zero-order chi connectivity index (χ0) is 25.5. The fourth-order valence-corrected chi connectivity index (χ4v) is 5.63. The molecule has 7 aromatic rings. The first-order valence-corrected chi connectivity index (χ1v) is 13.6. The molecule has 1 aromatic heterocycles. The highest BCUT2D eigenvalue weighted by Gasteiger charge is 2.15. The van der Waals surface area contributed by atoms with E-state index in [0.717, 1.165) is 10.2 Å². The Balaban J connectivity index is 1.46. The molecule has 0 amide bonds. The fourth-order valence-electron chi connectivity index (χ4n) is 5.36. The summed E-state index contributed by atoms with van der Waals surface area (Å²) in [6.07, 6.45) is 0. The van der Waals surface area contributed by atoms with Gasteiger partial charge in [0.15, 0.2) is 0 Å². The van der Waals surface area contributed by atoms with Crippen LogP contribution < -0.4 is 0 Å². The van der Waals surface area contributed by atoms with Crippen LogP contribution in [-0.2, 0) is 0 Å². The van der Waals surface area contributed by atoms with Gasteiger partial charge in [-0.25, -0.2) is 0 Å². The minimum absolute atomic E-state index is 1.09. The molecule has 0 aliphatic carbocycles. The van der Waals surface area contributed by atoms with Crippen molar-refractivity contribution in [3.63, 3.8) is 0 Å². The molecule has 0 N–H and O–H groups in total. The van der Waals surface area contributed by atoms with Gasteiger partial charge < -0.3 is 4.57 Å². The average molecular weight is 550 g/mol. The van der Waals surface area contributed by atoms with E-state index in [-0.39, 0.29) is 0 Å². The summed E-state index contributed by atoms with van der Waals surface area (Å²) >= 11 is 3.57. The molecule has 0 fully saturated rings. The fraction of sp³-hybridized carbons (Fsp3) is 0. The maximum Gasteiger partial charge on any atom is 0.0547 e. The molecule has 0 atom stereocenters.